The van der Waals surface area contributed by atoms with Crippen molar-refractivity contribution < 1.29 is 0 Å². The van der Waals surface area contributed by atoms with E-state index in [4.69, 9.17) is 17.3 Å². The van der Waals surface area contributed by atoms with E-state index in [1.807, 2.05) is 31.2 Å². The number of nitrogens with two attached hydrogens (primary N) is 1. The second kappa shape index (κ2) is 5.46. The molecule has 0 amide bonds. The van der Waals surface area contributed by atoms with Crippen molar-refractivity contribution in [2.75, 3.05) is 11.2 Å². The number of anilines is 2. The molecule has 1 aromatic carbocycles. The fraction of sp³-hybridized carbons (Fsp3) is 0.0833. The van der Waals surface area contributed by atoms with Crippen LogP contribution in [0.25, 0.3) is 0 Å². The first-order valence-corrected chi connectivity index (χ1v) is 5.68. The Morgan fingerprint density at radius 2 is 2.11 bits per heavy atom. The molecule has 0 radical (unpaired) electrons. The molecule has 0 fully saturated rings. The second-order valence-electron chi connectivity index (χ2n) is 3.68. The zero-order chi connectivity index (χ0) is 13.0. The minimum Gasteiger partial charge on any atom is -0.399 e. The van der Waals surface area contributed by atoms with Crippen molar-refractivity contribution in [3.05, 3.63) is 47.1 Å². The van der Waals surface area contributed by atoms with Crippen LogP contribution in [0.1, 0.15) is 12.5 Å². The number of halogens is 1. The molecule has 0 unspecified atom stereocenters. The molecule has 0 saturated carbocycles. The van der Waals surface area contributed by atoms with Gasteiger partial charge in [-0.2, -0.15) is 5.10 Å². The van der Waals surface area contributed by atoms with Gasteiger partial charge in [0.15, 0.2) is 11.0 Å². The lowest BCUT2D eigenvalue weighted by Crippen LogP contribution is -2.02. The number of nitrogen functional groups attached to an aromatic ring is 1. The monoisotopic (exact) mass is 261 g/mol. The number of nitrogens with zero attached hydrogens (tertiary/aromatic N) is 3. The normalized spacial score (nSPS) is 11.3. The van der Waals surface area contributed by atoms with E-state index in [0.29, 0.717) is 16.7 Å². The molecule has 0 bridgehead atoms. The van der Waals surface area contributed by atoms with E-state index in [0.717, 1.165) is 11.3 Å². The maximum absolute atomic E-state index is 5.71. The summed E-state index contributed by atoms with van der Waals surface area (Å²) in [6.07, 6.45) is 0. The number of nitrogens with one attached hydrogen (secondary N) is 1. The molecule has 92 valence electrons. The van der Waals surface area contributed by atoms with Gasteiger partial charge in [-0.15, -0.1) is 10.2 Å². The van der Waals surface area contributed by atoms with E-state index in [9.17, 15) is 0 Å². The summed E-state index contributed by atoms with van der Waals surface area (Å²) in [5.74, 6) is 0.530. The number of rotatable bonds is 3. The lowest BCUT2D eigenvalue weighted by molar-refractivity contribution is 1.02. The summed E-state index contributed by atoms with van der Waals surface area (Å²) >= 11 is 5.64. The number of aromatic nitrogens is 2. The number of hydrogen-bond donors (Lipinski definition) is 2. The van der Waals surface area contributed by atoms with Gasteiger partial charge in [-0.1, -0.05) is 23.7 Å². The van der Waals surface area contributed by atoms with Crippen LogP contribution in [0, 0.1) is 0 Å². The maximum Gasteiger partial charge on any atom is 0.168 e. The summed E-state index contributed by atoms with van der Waals surface area (Å²) in [6.45, 7) is 1.88. The first-order chi connectivity index (χ1) is 8.65. The Morgan fingerprint density at radius 1 is 1.28 bits per heavy atom. The molecule has 1 heterocycles. The van der Waals surface area contributed by atoms with Crippen molar-refractivity contribution in [1.82, 2.24) is 10.2 Å². The Balaban J connectivity index is 2.11. The molecule has 5 nitrogen and oxygen atoms in total. The van der Waals surface area contributed by atoms with Gasteiger partial charge >= 0.3 is 0 Å². The second-order valence-corrected chi connectivity index (χ2v) is 4.06. The summed E-state index contributed by atoms with van der Waals surface area (Å²) < 4.78 is 0. The van der Waals surface area contributed by atoms with Crippen LogP contribution in [0.4, 0.5) is 11.5 Å². The molecule has 6 heteroatoms. The summed E-state index contributed by atoms with van der Waals surface area (Å²) in [5.41, 5.74) is 11.0. The Bertz CT molecular complexity index is 565. The quantitative estimate of drug-likeness (QED) is 0.506. The third-order valence-corrected chi connectivity index (χ3v) is 2.48. The highest BCUT2D eigenvalue weighted by molar-refractivity contribution is 6.29. The molecule has 18 heavy (non-hydrogen) atoms. The van der Waals surface area contributed by atoms with Gasteiger partial charge in [0, 0.05) is 5.69 Å². The van der Waals surface area contributed by atoms with Gasteiger partial charge in [0.25, 0.3) is 0 Å². The van der Waals surface area contributed by atoms with Crippen molar-refractivity contribution in [2.45, 2.75) is 6.92 Å². The Kier molecular flexibility index (Phi) is 3.74. The van der Waals surface area contributed by atoms with Gasteiger partial charge in [-0.25, -0.2) is 0 Å². The molecule has 3 N–H and O–H groups in total. The van der Waals surface area contributed by atoms with E-state index in [1.54, 1.807) is 12.1 Å². The van der Waals surface area contributed by atoms with Crippen LogP contribution in [-0.4, -0.2) is 15.9 Å². The van der Waals surface area contributed by atoms with E-state index >= 15 is 0 Å². The minimum absolute atomic E-state index is 0.345. The van der Waals surface area contributed by atoms with Gasteiger partial charge in [0.1, 0.15) is 0 Å². The van der Waals surface area contributed by atoms with Crippen molar-refractivity contribution in [3.8, 4) is 0 Å². The van der Waals surface area contributed by atoms with Crippen LogP contribution < -0.4 is 11.2 Å². The smallest absolute Gasteiger partial charge is 0.168 e. The van der Waals surface area contributed by atoms with E-state index < -0.39 is 0 Å². The predicted molar refractivity (Wildman–Crippen MR) is 73.7 cm³/mol. The van der Waals surface area contributed by atoms with E-state index in [-0.39, 0.29) is 0 Å². The molecule has 1 aromatic heterocycles. The van der Waals surface area contributed by atoms with Crippen LogP contribution >= 0.6 is 11.6 Å². The Labute approximate surface area is 110 Å². The molecule has 0 spiro atoms. The fourth-order valence-electron chi connectivity index (χ4n) is 1.35. The summed E-state index contributed by atoms with van der Waals surface area (Å²) in [6, 6.07) is 10.8. The van der Waals surface area contributed by atoms with Crippen molar-refractivity contribution >= 4 is 28.8 Å². The average molecular weight is 262 g/mol. The minimum atomic E-state index is 0.345. The standard InChI is InChI=1S/C12H12ClN5/c1-8(9-3-2-4-10(14)7-9)15-17-12-6-5-11(13)16-18-12/h2-7H,14H2,1H3,(H,17,18). The number of benzene rings is 1. The Morgan fingerprint density at radius 3 is 2.78 bits per heavy atom. The van der Waals surface area contributed by atoms with Crippen LogP contribution in [0.5, 0.6) is 0 Å². The van der Waals surface area contributed by atoms with Gasteiger partial charge < -0.3 is 5.73 Å². The maximum atomic E-state index is 5.71. The zero-order valence-corrected chi connectivity index (χ0v) is 10.5. The molecular formula is C12H12ClN5. The highest BCUT2D eigenvalue weighted by Crippen LogP contribution is 2.09. The van der Waals surface area contributed by atoms with Gasteiger partial charge in [-0.3, -0.25) is 5.43 Å². The Hall–Kier alpha value is -2.14. The van der Waals surface area contributed by atoms with Crippen molar-refractivity contribution in [3.63, 3.8) is 0 Å². The average Bonchev–Trinajstić information content (AvgIpc) is 2.38. The van der Waals surface area contributed by atoms with Gasteiger partial charge in [-0.05, 0) is 36.8 Å². The van der Waals surface area contributed by atoms with E-state index in [2.05, 4.69) is 20.7 Å². The SMILES string of the molecule is CC(=NNc1ccc(Cl)nn1)c1cccc(N)c1. The topological polar surface area (TPSA) is 76.2 Å². The molecule has 0 aliphatic rings. The molecule has 0 atom stereocenters. The predicted octanol–water partition coefficient (Wildman–Crippen LogP) is 2.55. The van der Waals surface area contributed by atoms with Crippen LogP contribution in [0.2, 0.25) is 5.15 Å². The zero-order valence-electron chi connectivity index (χ0n) is 9.76. The first kappa shape index (κ1) is 12.3. The third kappa shape index (κ3) is 3.18. The molecule has 0 aliphatic heterocycles. The number of hydrogen-bond acceptors (Lipinski definition) is 5. The summed E-state index contributed by atoms with van der Waals surface area (Å²) in [7, 11) is 0. The first-order valence-electron chi connectivity index (χ1n) is 5.30. The molecule has 0 aliphatic carbocycles. The largest absolute Gasteiger partial charge is 0.399 e. The van der Waals surface area contributed by atoms with Crippen molar-refractivity contribution in [1.29, 1.82) is 0 Å². The van der Waals surface area contributed by atoms with Crippen LogP contribution in [-0.2, 0) is 0 Å². The van der Waals surface area contributed by atoms with Crippen LogP contribution in [0.15, 0.2) is 41.5 Å². The lowest BCUT2D eigenvalue weighted by atomic mass is 10.1. The highest BCUT2D eigenvalue weighted by atomic mass is 35.5. The molecular weight excluding hydrogens is 250 g/mol. The number of hydrazone groups is 1. The molecule has 2 aromatic rings. The highest BCUT2D eigenvalue weighted by Gasteiger charge is 1.98. The van der Waals surface area contributed by atoms with Crippen LogP contribution in [0.3, 0.4) is 0 Å². The van der Waals surface area contributed by atoms with E-state index in [1.165, 1.54) is 0 Å². The molecule has 2 rings (SSSR count). The molecule has 0 saturated heterocycles. The third-order valence-electron chi connectivity index (χ3n) is 2.27. The van der Waals surface area contributed by atoms with Crippen molar-refractivity contribution in [2.24, 2.45) is 5.10 Å². The summed E-state index contributed by atoms with van der Waals surface area (Å²) in [4.78, 5) is 0. The fourth-order valence-corrected chi connectivity index (χ4v) is 1.45. The van der Waals surface area contributed by atoms with Gasteiger partial charge in [0.2, 0.25) is 0 Å². The van der Waals surface area contributed by atoms with Gasteiger partial charge in [0.05, 0.1) is 5.71 Å². The summed E-state index contributed by atoms with van der Waals surface area (Å²) in [5, 5.41) is 12.1. The lowest BCUT2D eigenvalue weighted by Gasteiger charge is -2.03.